The first kappa shape index (κ1) is 13.8. The van der Waals surface area contributed by atoms with E-state index in [-0.39, 0.29) is 5.60 Å². The highest BCUT2D eigenvalue weighted by Crippen LogP contribution is 2.25. The van der Waals surface area contributed by atoms with Crippen LogP contribution in [0.2, 0.25) is 0 Å². The van der Waals surface area contributed by atoms with Gasteiger partial charge in [0.25, 0.3) is 0 Å². The van der Waals surface area contributed by atoms with Gasteiger partial charge in [0.15, 0.2) is 0 Å². The lowest BCUT2D eigenvalue weighted by Crippen LogP contribution is -2.44. The van der Waals surface area contributed by atoms with E-state index in [2.05, 4.69) is 5.32 Å². The van der Waals surface area contributed by atoms with E-state index in [1.165, 1.54) is 6.07 Å². The van der Waals surface area contributed by atoms with Crippen LogP contribution in [0, 0.1) is 17.1 Å². The van der Waals surface area contributed by atoms with Crippen LogP contribution in [0.25, 0.3) is 0 Å². The second-order valence-electron chi connectivity index (χ2n) is 4.66. The number of ether oxygens (including phenoxy) is 2. The van der Waals surface area contributed by atoms with Crippen LogP contribution in [-0.2, 0) is 9.47 Å². The van der Waals surface area contributed by atoms with Gasteiger partial charge in [-0.15, -0.1) is 0 Å². The predicted molar refractivity (Wildman–Crippen MR) is 69.4 cm³/mol. The summed E-state index contributed by atoms with van der Waals surface area (Å²) >= 11 is 0. The molecule has 0 atom stereocenters. The summed E-state index contributed by atoms with van der Waals surface area (Å²) in [4.78, 5) is 0. The lowest BCUT2D eigenvalue weighted by Gasteiger charge is -2.36. The number of benzene rings is 1. The van der Waals surface area contributed by atoms with Crippen LogP contribution >= 0.6 is 0 Å². The van der Waals surface area contributed by atoms with E-state index in [4.69, 9.17) is 14.7 Å². The zero-order valence-corrected chi connectivity index (χ0v) is 10.9. The fraction of sp³-hybridized carbons (Fsp3) is 0.500. The molecule has 0 amide bonds. The molecule has 1 aromatic rings. The molecule has 4 nitrogen and oxygen atoms in total. The Morgan fingerprint density at radius 2 is 2.21 bits per heavy atom. The largest absolute Gasteiger partial charge is 0.381 e. The number of methoxy groups -OCH3 is 1. The number of nitrogens with zero attached hydrogens (tertiary/aromatic N) is 1. The number of nitriles is 1. The fourth-order valence-electron chi connectivity index (χ4n) is 2.18. The molecular weight excluding hydrogens is 247 g/mol. The van der Waals surface area contributed by atoms with Crippen LogP contribution in [0.5, 0.6) is 0 Å². The van der Waals surface area contributed by atoms with Crippen molar-refractivity contribution in [1.29, 1.82) is 5.26 Å². The van der Waals surface area contributed by atoms with Gasteiger partial charge in [-0.2, -0.15) is 5.26 Å². The summed E-state index contributed by atoms with van der Waals surface area (Å²) in [6, 6.07) is 6.31. The van der Waals surface area contributed by atoms with Crippen molar-refractivity contribution in [3.8, 4) is 6.07 Å². The molecule has 1 N–H and O–H groups in total. The van der Waals surface area contributed by atoms with Crippen LogP contribution in [0.1, 0.15) is 18.4 Å². The van der Waals surface area contributed by atoms with Crippen LogP contribution in [0.3, 0.4) is 0 Å². The Bertz CT molecular complexity index is 479. The second-order valence-corrected chi connectivity index (χ2v) is 4.66. The molecule has 102 valence electrons. The molecule has 2 rings (SSSR count). The van der Waals surface area contributed by atoms with Gasteiger partial charge in [-0.1, -0.05) is 0 Å². The standard InChI is InChI=1S/C14H17FN2O2/c1-18-14(4-6-19-7-5-14)10-17-13-3-2-11(9-16)8-12(13)15/h2-3,8,17H,4-7,10H2,1H3. The highest BCUT2D eigenvalue weighted by molar-refractivity contribution is 5.49. The third-order valence-electron chi connectivity index (χ3n) is 3.54. The predicted octanol–water partition coefficient (Wildman–Crippen LogP) is 2.30. The zero-order chi connectivity index (χ0) is 13.7. The Morgan fingerprint density at radius 1 is 1.47 bits per heavy atom. The SMILES string of the molecule is COC1(CNc2ccc(C#N)cc2F)CCOCC1. The molecule has 1 aliphatic heterocycles. The first-order valence-corrected chi connectivity index (χ1v) is 6.25. The van der Waals surface area contributed by atoms with Crippen LogP contribution in [0.4, 0.5) is 10.1 Å². The molecule has 0 aliphatic carbocycles. The van der Waals surface area contributed by atoms with Crippen LogP contribution in [0.15, 0.2) is 18.2 Å². The van der Waals surface area contributed by atoms with Gasteiger partial charge in [-0.25, -0.2) is 4.39 Å². The highest BCUT2D eigenvalue weighted by Gasteiger charge is 2.32. The normalized spacial score (nSPS) is 17.7. The highest BCUT2D eigenvalue weighted by atomic mass is 19.1. The van der Waals surface area contributed by atoms with Crippen molar-refractivity contribution in [2.75, 3.05) is 32.2 Å². The van der Waals surface area contributed by atoms with Crippen molar-refractivity contribution < 1.29 is 13.9 Å². The summed E-state index contributed by atoms with van der Waals surface area (Å²) in [7, 11) is 1.67. The first-order chi connectivity index (χ1) is 9.19. The Morgan fingerprint density at radius 3 is 2.79 bits per heavy atom. The summed E-state index contributed by atoms with van der Waals surface area (Å²) in [6.07, 6.45) is 1.57. The lowest BCUT2D eigenvalue weighted by atomic mass is 9.94. The smallest absolute Gasteiger partial charge is 0.147 e. The summed E-state index contributed by atoms with van der Waals surface area (Å²) in [6.45, 7) is 1.84. The van der Waals surface area contributed by atoms with E-state index >= 15 is 0 Å². The maximum Gasteiger partial charge on any atom is 0.147 e. The van der Waals surface area contributed by atoms with E-state index < -0.39 is 5.82 Å². The van der Waals surface area contributed by atoms with Crippen molar-refractivity contribution in [3.63, 3.8) is 0 Å². The molecule has 0 spiro atoms. The van der Waals surface area contributed by atoms with Gasteiger partial charge in [0.1, 0.15) is 5.82 Å². The summed E-state index contributed by atoms with van der Waals surface area (Å²) < 4.78 is 24.6. The van der Waals surface area contributed by atoms with Crippen LogP contribution < -0.4 is 5.32 Å². The summed E-state index contributed by atoms with van der Waals surface area (Å²) in [5.74, 6) is -0.419. The topological polar surface area (TPSA) is 54.3 Å². The Kier molecular flexibility index (Phi) is 4.35. The molecule has 1 aromatic carbocycles. The molecule has 1 heterocycles. The molecule has 0 bridgehead atoms. The first-order valence-electron chi connectivity index (χ1n) is 6.25. The average Bonchev–Trinajstić information content (AvgIpc) is 2.47. The van der Waals surface area contributed by atoms with Gasteiger partial charge in [-0.3, -0.25) is 0 Å². The Balaban J connectivity index is 2.03. The molecule has 0 aromatic heterocycles. The summed E-state index contributed by atoms with van der Waals surface area (Å²) in [5, 5.41) is 11.8. The molecule has 0 radical (unpaired) electrons. The number of rotatable bonds is 4. The molecule has 0 saturated carbocycles. The minimum absolute atomic E-state index is 0.307. The molecular formula is C14H17FN2O2. The number of hydrogen-bond acceptors (Lipinski definition) is 4. The maximum atomic E-state index is 13.7. The fourth-order valence-corrected chi connectivity index (χ4v) is 2.18. The molecule has 1 fully saturated rings. The third-order valence-corrected chi connectivity index (χ3v) is 3.54. The van der Waals surface area contributed by atoms with E-state index in [9.17, 15) is 4.39 Å². The van der Waals surface area contributed by atoms with Crippen molar-refractivity contribution in [3.05, 3.63) is 29.6 Å². The van der Waals surface area contributed by atoms with Gasteiger partial charge in [0, 0.05) is 39.7 Å². The van der Waals surface area contributed by atoms with Crippen molar-refractivity contribution in [2.45, 2.75) is 18.4 Å². The maximum absolute atomic E-state index is 13.7. The number of anilines is 1. The monoisotopic (exact) mass is 264 g/mol. The van der Waals surface area contributed by atoms with E-state index in [1.807, 2.05) is 6.07 Å². The molecule has 0 unspecified atom stereocenters. The van der Waals surface area contributed by atoms with Crippen molar-refractivity contribution >= 4 is 5.69 Å². The zero-order valence-electron chi connectivity index (χ0n) is 10.9. The quantitative estimate of drug-likeness (QED) is 0.906. The average molecular weight is 264 g/mol. The third kappa shape index (κ3) is 3.22. The van der Waals surface area contributed by atoms with Gasteiger partial charge < -0.3 is 14.8 Å². The Hall–Kier alpha value is -1.64. The van der Waals surface area contributed by atoms with Crippen LogP contribution in [-0.4, -0.2) is 32.5 Å². The molecule has 5 heteroatoms. The minimum atomic E-state index is -0.419. The molecule has 1 aliphatic rings. The number of nitrogens with one attached hydrogen (secondary N) is 1. The van der Waals surface area contributed by atoms with Crippen molar-refractivity contribution in [2.24, 2.45) is 0 Å². The second kappa shape index (κ2) is 6.00. The van der Waals surface area contributed by atoms with Gasteiger partial charge in [0.2, 0.25) is 0 Å². The Labute approximate surface area is 112 Å². The number of hydrogen-bond donors (Lipinski definition) is 1. The molecule has 1 saturated heterocycles. The van der Waals surface area contributed by atoms with E-state index in [1.54, 1.807) is 19.2 Å². The minimum Gasteiger partial charge on any atom is -0.381 e. The van der Waals surface area contributed by atoms with E-state index in [0.717, 1.165) is 12.8 Å². The lowest BCUT2D eigenvalue weighted by molar-refractivity contribution is -0.0807. The van der Waals surface area contributed by atoms with E-state index in [0.29, 0.717) is 31.0 Å². The molecule has 19 heavy (non-hydrogen) atoms. The van der Waals surface area contributed by atoms with Gasteiger partial charge in [0.05, 0.1) is 22.9 Å². The van der Waals surface area contributed by atoms with Gasteiger partial charge in [-0.05, 0) is 18.2 Å². The van der Waals surface area contributed by atoms with Crippen molar-refractivity contribution in [1.82, 2.24) is 0 Å². The van der Waals surface area contributed by atoms with Gasteiger partial charge >= 0.3 is 0 Å². The number of halogens is 1. The summed E-state index contributed by atoms with van der Waals surface area (Å²) in [5.41, 5.74) is 0.399.